The number of halogens is 6. The standard InChI is InChI=1S/C26H26F6N6/c1-14-34-21-9-18(23(36-24(21)37(14)2)35-22(16-3-4-16)17-5-6-17)12-38(13-33)11-15-7-19(25(27,28)29)10-20(8-15)26(30,31)32/h7-10,16-17,22H,3-6,11-12H2,1-2H3,(H,35,36). The number of aryl methyl sites for hydroxylation is 2. The first-order valence-corrected chi connectivity index (χ1v) is 12.4. The van der Waals surface area contributed by atoms with E-state index in [4.69, 9.17) is 4.98 Å². The van der Waals surface area contributed by atoms with Gasteiger partial charge in [-0.25, -0.2) is 9.97 Å². The fraction of sp³-hybridized carbons (Fsp3) is 0.500. The van der Waals surface area contributed by atoms with E-state index in [2.05, 4.69) is 10.3 Å². The van der Waals surface area contributed by atoms with Gasteiger partial charge >= 0.3 is 12.4 Å². The SMILES string of the molecule is Cc1nc2cc(CN(C#N)Cc3cc(C(F)(F)F)cc(C(F)(F)F)c3)c(NC(C3CC3)C3CC3)nc2n1C. The van der Waals surface area contributed by atoms with E-state index in [1.54, 1.807) is 6.07 Å². The molecule has 2 heterocycles. The molecule has 0 bridgehead atoms. The molecular formula is C26H26F6N6. The first-order valence-electron chi connectivity index (χ1n) is 12.4. The number of fused-ring (bicyclic) bond motifs is 1. The first kappa shape index (κ1) is 26.1. The van der Waals surface area contributed by atoms with E-state index in [0.29, 0.717) is 46.5 Å². The van der Waals surface area contributed by atoms with Crippen molar-refractivity contribution in [1.29, 1.82) is 5.26 Å². The van der Waals surface area contributed by atoms with Crippen LogP contribution in [0.25, 0.3) is 11.2 Å². The van der Waals surface area contributed by atoms with Crippen LogP contribution in [0.4, 0.5) is 32.2 Å². The molecule has 0 amide bonds. The number of aromatic nitrogens is 3. The molecule has 6 nitrogen and oxygen atoms in total. The normalized spacial score (nSPS) is 16.2. The molecular weight excluding hydrogens is 510 g/mol. The zero-order valence-corrected chi connectivity index (χ0v) is 20.8. The largest absolute Gasteiger partial charge is 0.416 e. The van der Waals surface area contributed by atoms with Crippen LogP contribution in [0.1, 0.15) is 53.8 Å². The van der Waals surface area contributed by atoms with Gasteiger partial charge < -0.3 is 14.8 Å². The Morgan fingerprint density at radius 2 is 1.55 bits per heavy atom. The van der Waals surface area contributed by atoms with Gasteiger partial charge in [0.05, 0.1) is 24.2 Å². The van der Waals surface area contributed by atoms with Gasteiger partial charge in [-0.2, -0.15) is 31.6 Å². The Hall–Kier alpha value is -3.49. The van der Waals surface area contributed by atoms with Crippen LogP contribution in [0.15, 0.2) is 24.3 Å². The van der Waals surface area contributed by atoms with Gasteiger partial charge in [0.25, 0.3) is 0 Å². The van der Waals surface area contributed by atoms with Crippen molar-refractivity contribution in [3.8, 4) is 6.19 Å². The van der Waals surface area contributed by atoms with Gasteiger partial charge in [0.1, 0.15) is 17.2 Å². The summed E-state index contributed by atoms with van der Waals surface area (Å²) >= 11 is 0. The van der Waals surface area contributed by atoms with Crippen LogP contribution >= 0.6 is 0 Å². The summed E-state index contributed by atoms with van der Waals surface area (Å²) in [6.07, 6.45) is -3.51. The van der Waals surface area contributed by atoms with Crippen LogP contribution in [0.2, 0.25) is 0 Å². The Kier molecular flexibility index (Phi) is 6.44. The van der Waals surface area contributed by atoms with Gasteiger partial charge in [-0.1, -0.05) is 0 Å². The molecule has 5 rings (SSSR count). The first-order chi connectivity index (χ1) is 17.8. The van der Waals surface area contributed by atoms with E-state index in [-0.39, 0.29) is 24.2 Å². The molecule has 0 radical (unpaired) electrons. The molecule has 0 spiro atoms. The maximum absolute atomic E-state index is 13.3. The van der Waals surface area contributed by atoms with E-state index in [1.807, 2.05) is 24.7 Å². The van der Waals surface area contributed by atoms with Gasteiger partial charge in [-0.3, -0.25) is 0 Å². The Balaban J connectivity index is 1.48. The molecule has 2 aliphatic rings. The summed E-state index contributed by atoms with van der Waals surface area (Å²) in [6, 6.07) is 3.41. The van der Waals surface area contributed by atoms with Crippen molar-refractivity contribution in [1.82, 2.24) is 19.4 Å². The van der Waals surface area contributed by atoms with Crippen LogP contribution in [0.5, 0.6) is 0 Å². The number of hydrogen-bond donors (Lipinski definition) is 1. The molecule has 0 aliphatic heterocycles. The highest BCUT2D eigenvalue weighted by molar-refractivity contribution is 5.76. The van der Waals surface area contributed by atoms with Crippen LogP contribution in [0.3, 0.4) is 0 Å². The Morgan fingerprint density at radius 3 is 2.05 bits per heavy atom. The Labute approximate surface area is 215 Å². The zero-order valence-electron chi connectivity index (χ0n) is 20.8. The smallest absolute Gasteiger partial charge is 0.366 e. The number of nitriles is 1. The van der Waals surface area contributed by atoms with Gasteiger partial charge in [-0.05, 0) is 74.3 Å². The summed E-state index contributed by atoms with van der Waals surface area (Å²) in [6.45, 7) is 1.34. The highest BCUT2D eigenvalue weighted by Gasteiger charge is 2.42. The predicted molar refractivity (Wildman–Crippen MR) is 127 cm³/mol. The quantitative estimate of drug-likeness (QED) is 0.205. The highest BCUT2D eigenvalue weighted by Crippen LogP contribution is 2.46. The minimum Gasteiger partial charge on any atom is -0.366 e. The van der Waals surface area contributed by atoms with E-state index in [9.17, 15) is 31.6 Å². The number of imidazole rings is 1. The maximum atomic E-state index is 13.3. The Bertz CT molecular complexity index is 1350. The summed E-state index contributed by atoms with van der Waals surface area (Å²) in [5, 5.41) is 13.4. The number of alkyl halides is 6. The molecule has 1 N–H and O–H groups in total. The third kappa shape index (κ3) is 5.51. The van der Waals surface area contributed by atoms with E-state index < -0.39 is 30.0 Å². The molecule has 0 atom stereocenters. The maximum Gasteiger partial charge on any atom is 0.416 e. The fourth-order valence-electron chi connectivity index (χ4n) is 4.86. The van der Waals surface area contributed by atoms with Crippen LogP contribution in [-0.4, -0.2) is 25.5 Å². The summed E-state index contributed by atoms with van der Waals surface area (Å²) < 4.78 is 81.8. The number of nitrogens with one attached hydrogen (secondary N) is 1. The topological polar surface area (TPSA) is 69.8 Å². The predicted octanol–water partition coefficient (Wildman–Crippen LogP) is 6.40. The van der Waals surface area contributed by atoms with E-state index in [1.165, 1.54) is 0 Å². The van der Waals surface area contributed by atoms with Gasteiger partial charge in [0.15, 0.2) is 11.8 Å². The highest BCUT2D eigenvalue weighted by atomic mass is 19.4. The van der Waals surface area contributed by atoms with Gasteiger partial charge in [0, 0.05) is 18.7 Å². The number of benzene rings is 1. The Morgan fingerprint density at radius 1 is 0.974 bits per heavy atom. The molecule has 12 heteroatoms. The number of pyridine rings is 1. The monoisotopic (exact) mass is 536 g/mol. The van der Waals surface area contributed by atoms with Crippen LogP contribution in [0, 0.1) is 30.2 Å². The lowest BCUT2D eigenvalue weighted by molar-refractivity contribution is -0.143. The van der Waals surface area contributed by atoms with E-state index in [0.717, 1.165) is 36.4 Å². The summed E-state index contributed by atoms with van der Waals surface area (Å²) in [4.78, 5) is 10.4. The average molecular weight is 537 g/mol. The van der Waals surface area contributed by atoms with E-state index >= 15 is 0 Å². The zero-order chi connectivity index (χ0) is 27.4. The third-order valence-corrected chi connectivity index (χ3v) is 7.23. The molecule has 38 heavy (non-hydrogen) atoms. The third-order valence-electron chi connectivity index (χ3n) is 7.23. The van der Waals surface area contributed by atoms with Crippen molar-refractivity contribution in [2.24, 2.45) is 18.9 Å². The van der Waals surface area contributed by atoms with Crippen molar-refractivity contribution in [2.75, 3.05) is 5.32 Å². The summed E-state index contributed by atoms with van der Waals surface area (Å²) in [7, 11) is 1.84. The van der Waals surface area contributed by atoms with Crippen LogP contribution in [-0.2, 0) is 32.5 Å². The van der Waals surface area contributed by atoms with Crippen molar-refractivity contribution >= 4 is 17.0 Å². The molecule has 3 aromatic rings. The number of nitrogens with zero attached hydrogens (tertiary/aromatic N) is 5. The van der Waals surface area contributed by atoms with Crippen molar-refractivity contribution in [3.05, 3.63) is 52.3 Å². The molecule has 0 saturated heterocycles. The molecule has 1 aromatic carbocycles. The molecule has 2 fully saturated rings. The second-order valence-corrected chi connectivity index (χ2v) is 10.3. The van der Waals surface area contributed by atoms with Crippen molar-refractivity contribution in [3.63, 3.8) is 0 Å². The molecule has 2 aliphatic carbocycles. The molecule has 202 valence electrons. The lowest BCUT2D eigenvalue weighted by Crippen LogP contribution is -2.27. The minimum atomic E-state index is -4.96. The van der Waals surface area contributed by atoms with Gasteiger partial charge in [-0.15, -0.1) is 0 Å². The van der Waals surface area contributed by atoms with Gasteiger partial charge in [0.2, 0.25) is 0 Å². The number of rotatable bonds is 8. The number of hydrogen-bond acceptors (Lipinski definition) is 5. The second kappa shape index (κ2) is 9.36. The molecule has 0 unspecified atom stereocenters. The number of anilines is 1. The lowest BCUT2D eigenvalue weighted by atomic mass is 10.0. The summed E-state index contributed by atoms with van der Waals surface area (Å²) in [5.41, 5.74) is -1.24. The van der Waals surface area contributed by atoms with Crippen LogP contribution < -0.4 is 5.32 Å². The molecule has 2 saturated carbocycles. The summed E-state index contributed by atoms with van der Waals surface area (Å²) in [5.74, 6) is 2.38. The minimum absolute atomic E-state index is 0.0585. The van der Waals surface area contributed by atoms with Crippen molar-refractivity contribution < 1.29 is 26.3 Å². The average Bonchev–Trinajstić information content (AvgIpc) is 3.76. The fourth-order valence-corrected chi connectivity index (χ4v) is 4.86. The molecule has 2 aromatic heterocycles. The van der Waals surface area contributed by atoms with Crippen molar-refractivity contribution in [2.45, 2.75) is 64.1 Å². The lowest BCUT2D eigenvalue weighted by Gasteiger charge is -2.23. The second-order valence-electron chi connectivity index (χ2n) is 10.3.